The van der Waals surface area contributed by atoms with Crippen molar-refractivity contribution in [2.75, 3.05) is 43.4 Å². The summed E-state index contributed by atoms with van der Waals surface area (Å²) in [6.45, 7) is 4.61. The molecule has 2 aromatic carbocycles. The summed E-state index contributed by atoms with van der Waals surface area (Å²) in [6.07, 6.45) is 2.89. The minimum absolute atomic E-state index is 0.191. The quantitative estimate of drug-likeness (QED) is 0.384. The molecule has 3 heterocycles. The van der Waals surface area contributed by atoms with Crippen LogP contribution in [0.5, 0.6) is 0 Å². The number of hydrogen-bond donors (Lipinski definition) is 2. The number of nitrogens with zero attached hydrogens (tertiary/aromatic N) is 4. The molecule has 0 unspecified atom stereocenters. The number of imidazole rings is 1. The minimum atomic E-state index is -0.191. The maximum Gasteiger partial charge on any atom is 0.180 e. The fourth-order valence-electron chi connectivity index (χ4n) is 4.36. The van der Waals surface area contributed by atoms with Gasteiger partial charge in [-0.1, -0.05) is 12.1 Å². The molecule has 0 amide bonds. The maximum absolute atomic E-state index is 13.2. The van der Waals surface area contributed by atoms with E-state index in [1.54, 1.807) is 0 Å². The largest absolute Gasteiger partial charge is 0.388 e. The van der Waals surface area contributed by atoms with Crippen molar-refractivity contribution in [3.8, 4) is 11.4 Å². The lowest BCUT2D eigenvalue weighted by Gasteiger charge is -2.25. The molecule has 33 heavy (non-hydrogen) atoms. The van der Waals surface area contributed by atoms with E-state index in [9.17, 15) is 4.39 Å². The zero-order valence-electron chi connectivity index (χ0n) is 18.5. The summed E-state index contributed by atoms with van der Waals surface area (Å²) in [4.78, 5) is 17.7. The van der Waals surface area contributed by atoms with Crippen molar-refractivity contribution < 1.29 is 4.39 Å². The van der Waals surface area contributed by atoms with E-state index in [0.29, 0.717) is 5.65 Å². The third-order valence-corrected chi connectivity index (χ3v) is 6.70. The lowest BCUT2D eigenvalue weighted by Crippen LogP contribution is -2.30. The monoisotopic (exact) mass is 508 g/mol. The number of hydrogen-bond acceptors (Lipinski definition) is 5. The van der Waals surface area contributed by atoms with Crippen LogP contribution in [0.4, 0.5) is 15.8 Å². The highest BCUT2D eigenvalue weighted by Crippen LogP contribution is 2.34. The molecule has 8 heteroatoms. The summed E-state index contributed by atoms with van der Waals surface area (Å²) >= 11 is 3.73. The fourth-order valence-corrected chi connectivity index (χ4v) is 4.91. The van der Waals surface area contributed by atoms with Crippen molar-refractivity contribution in [3.05, 3.63) is 70.6 Å². The highest BCUT2D eigenvalue weighted by Gasteiger charge is 2.21. The van der Waals surface area contributed by atoms with Gasteiger partial charge in [-0.2, -0.15) is 0 Å². The van der Waals surface area contributed by atoms with Crippen molar-refractivity contribution in [2.45, 2.75) is 13.0 Å². The van der Waals surface area contributed by atoms with E-state index in [4.69, 9.17) is 4.98 Å². The molecule has 0 bridgehead atoms. The normalized spacial score (nSPS) is 15.1. The minimum Gasteiger partial charge on any atom is -0.388 e. The van der Waals surface area contributed by atoms with Gasteiger partial charge in [0.1, 0.15) is 17.2 Å². The number of H-pyrrole nitrogens is 1. The van der Waals surface area contributed by atoms with Gasteiger partial charge in [0.05, 0.1) is 10.2 Å². The first-order chi connectivity index (χ1) is 16.1. The van der Waals surface area contributed by atoms with Crippen molar-refractivity contribution in [3.63, 3.8) is 0 Å². The molecular weight excluding hydrogens is 483 g/mol. The van der Waals surface area contributed by atoms with Crippen LogP contribution in [0.1, 0.15) is 12.0 Å². The summed E-state index contributed by atoms with van der Waals surface area (Å²) in [5, 5.41) is 3.14. The zero-order chi connectivity index (χ0) is 22.8. The van der Waals surface area contributed by atoms with Gasteiger partial charge in [-0.25, -0.2) is 14.4 Å². The number of rotatable bonds is 5. The zero-order valence-corrected chi connectivity index (χ0v) is 20.1. The van der Waals surface area contributed by atoms with Gasteiger partial charge in [0.15, 0.2) is 5.65 Å². The molecular formula is C25H26BrFN6. The molecule has 0 spiro atoms. The highest BCUT2D eigenvalue weighted by molar-refractivity contribution is 9.10. The molecule has 170 valence electrons. The molecule has 0 atom stereocenters. The smallest absolute Gasteiger partial charge is 0.180 e. The molecule has 6 nitrogen and oxygen atoms in total. The van der Waals surface area contributed by atoms with E-state index in [-0.39, 0.29) is 5.82 Å². The van der Waals surface area contributed by atoms with Crippen LogP contribution in [0.3, 0.4) is 0 Å². The number of benzene rings is 2. The molecule has 1 fully saturated rings. The molecule has 1 aliphatic heterocycles. The van der Waals surface area contributed by atoms with E-state index < -0.39 is 0 Å². The lowest BCUT2D eigenvalue weighted by molar-refractivity contribution is 0.285. The van der Waals surface area contributed by atoms with Gasteiger partial charge in [-0.15, -0.1) is 0 Å². The molecule has 2 N–H and O–H groups in total. The van der Waals surface area contributed by atoms with Crippen molar-refractivity contribution in [2.24, 2.45) is 0 Å². The summed E-state index contributed by atoms with van der Waals surface area (Å²) < 4.78 is 14.2. The van der Waals surface area contributed by atoms with Crippen LogP contribution in [-0.4, -0.2) is 53.1 Å². The predicted molar refractivity (Wildman–Crippen MR) is 135 cm³/mol. The third kappa shape index (κ3) is 4.72. The molecule has 5 rings (SSSR count). The average molecular weight is 509 g/mol. The second-order valence-corrected chi connectivity index (χ2v) is 9.16. The average Bonchev–Trinajstić information content (AvgIpc) is 3.14. The van der Waals surface area contributed by atoms with Gasteiger partial charge < -0.3 is 15.2 Å². The van der Waals surface area contributed by atoms with Crippen molar-refractivity contribution in [1.82, 2.24) is 19.9 Å². The summed E-state index contributed by atoms with van der Waals surface area (Å²) in [5.74, 6) is 0.622. The van der Waals surface area contributed by atoms with Gasteiger partial charge in [-0.3, -0.25) is 4.90 Å². The van der Waals surface area contributed by atoms with Crippen LogP contribution in [0.25, 0.3) is 22.6 Å². The Hall–Kier alpha value is -2.97. The maximum atomic E-state index is 13.2. The molecule has 0 aliphatic carbocycles. The molecule has 1 aliphatic rings. The SMILES string of the molecule is CNc1ccc(-c2nc3ncc(Br)c(N4CCCN(Cc5ccc(F)cc5)CC4)c3[nH]2)cc1. The van der Waals surface area contributed by atoms with Crippen molar-refractivity contribution >= 4 is 38.5 Å². The van der Waals surface area contributed by atoms with E-state index in [2.05, 4.69) is 53.1 Å². The second-order valence-electron chi connectivity index (χ2n) is 8.31. The first kappa shape index (κ1) is 21.9. The third-order valence-electron chi connectivity index (χ3n) is 6.12. The summed E-state index contributed by atoms with van der Waals surface area (Å²) in [6, 6.07) is 15.0. The van der Waals surface area contributed by atoms with E-state index in [1.807, 2.05) is 37.5 Å². The van der Waals surface area contributed by atoms with Crippen LogP contribution < -0.4 is 10.2 Å². The first-order valence-electron chi connectivity index (χ1n) is 11.1. The van der Waals surface area contributed by atoms with Gasteiger partial charge in [0.25, 0.3) is 0 Å². The van der Waals surface area contributed by atoms with E-state index >= 15 is 0 Å². The van der Waals surface area contributed by atoms with Crippen LogP contribution >= 0.6 is 15.9 Å². The Morgan fingerprint density at radius 1 is 1.03 bits per heavy atom. The number of halogens is 2. The van der Waals surface area contributed by atoms with Crippen LogP contribution in [-0.2, 0) is 6.54 Å². The van der Waals surface area contributed by atoms with E-state index in [1.165, 1.54) is 12.1 Å². The number of aromatic nitrogens is 3. The first-order valence-corrected chi connectivity index (χ1v) is 11.9. The Labute approximate surface area is 201 Å². The Balaban J connectivity index is 1.38. The van der Waals surface area contributed by atoms with Crippen molar-refractivity contribution in [1.29, 1.82) is 0 Å². The summed E-state index contributed by atoms with van der Waals surface area (Å²) in [7, 11) is 1.91. The number of aromatic amines is 1. The van der Waals surface area contributed by atoms with Gasteiger partial charge in [0, 0.05) is 57.2 Å². The number of fused-ring (bicyclic) bond motifs is 1. The highest BCUT2D eigenvalue weighted by atomic mass is 79.9. The van der Waals surface area contributed by atoms with Crippen LogP contribution in [0.15, 0.2) is 59.2 Å². The number of anilines is 2. The molecule has 0 radical (unpaired) electrons. The molecule has 4 aromatic rings. The van der Waals surface area contributed by atoms with Crippen LogP contribution in [0.2, 0.25) is 0 Å². The second kappa shape index (κ2) is 9.49. The Kier molecular flexibility index (Phi) is 6.28. The van der Waals surface area contributed by atoms with Gasteiger partial charge >= 0.3 is 0 Å². The Morgan fingerprint density at radius 2 is 1.82 bits per heavy atom. The van der Waals surface area contributed by atoms with Gasteiger partial charge in [0.2, 0.25) is 0 Å². The standard InChI is InChI=1S/C25H26BrFN6/c1-28-20-9-5-18(6-10-20)24-30-22-23(21(26)15-29-25(22)31-24)33-12-2-11-32(13-14-33)16-17-3-7-19(27)8-4-17/h3-10,15,28H,2,11-14,16H2,1H3,(H,29,30,31). The predicted octanol–water partition coefficient (Wildman–Crippen LogP) is 5.28. The molecule has 2 aromatic heterocycles. The molecule has 0 saturated carbocycles. The van der Waals surface area contributed by atoms with Crippen LogP contribution in [0, 0.1) is 5.82 Å². The Morgan fingerprint density at radius 3 is 2.58 bits per heavy atom. The number of pyridine rings is 1. The van der Waals surface area contributed by atoms with E-state index in [0.717, 1.165) is 77.5 Å². The summed E-state index contributed by atoms with van der Waals surface area (Å²) in [5.41, 5.74) is 5.99. The molecule has 1 saturated heterocycles. The number of nitrogens with one attached hydrogen (secondary N) is 2. The van der Waals surface area contributed by atoms with Gasteiger partial charge in [-0.05, 0) is 64.3 Å². The lowest BCUT2D eigenvalue weighted by atomic mass is 10.2. The fraction of sp³-hybridized carbons (Fsp3) is 0.280. The topological polar surface area (TPSA) is 60.1 Å². The Bertz CT molecular complexity index is 1240.